The van der Waals surface area contributed by atoms with Crippen LogP contribution in [0.1, 0.15) is 27.2 Å². The molecular weight excluding hydrogens is 186 g/mol. The van der Waals surface area contributed by atoms with Crippen molar-refractivity contribution in [2.45, 2.75) is 38.8 Å². The van der Waals surface area contributed by atoms with Gasteiger partial charge in [0.15, 0.2) is 0 Å². The summed E-state index contributed by atoms with van der Waals surface area (Å²) in [6.07, 6.45) is 1.24. The monoisotopic (exact) mass is 213 g/mol. The lowest BCUT2D eigenvalue weighted by Crippen LogP contribution is -2.65. The second kappa shape index (κ2) is 5.28. The first-order chi connectivity index (χ1) is 6.97. The van der Waals surface area contributed by atoms with Gasteiger partial charge in [0.25, 0.3) is 0 Å². The van der Waals surface area contributed by atoms with Gasteiger partial charge in [-0.15, -0.1) is 0 Å². The van der Waals surface area contributed by atoms with Gasteiger partial charge in [-0.1, -0.05) is 6.92 Å². The number of likely N-dealkylation sites (N-methyl/N-ethyl adjacent to an activating group) is 1. The van der Waals surface area contributed by atoms with Crippen LogP contribution in [0.5, 0.6) is 0 Å². The normalized spacial score (nSPS) is 27.2. The Morgan fingerprint density at radius 2 is 2.07 bits per heavy atom. The van der Waals surface area contributed by atoms with Gasteiger partial charge in [0.2, 0.25) is 0 Å². The number of piperazine rings is 1. The predicted molar refractivity (Wildman–Crippen MR) is 66.3 cm³/mol. The molecule has 1 rings (SSSR count). The summed E-state index contributed by atoms with van der Waals surface area (Å²) in [7, 11) is 4.32. The molecule has 0 saturated carbocycles. The first-order valence-electron chi connectivity index (χ1n) is 6.09. The third-order valence-electron chi connectivity index (χ3n) is 3.20. The quantitative estimate of drug-likeness (QED) is 0.752. The molecule has 1 N–H and O–H groups in total. The van der Waals surface area contributed by atoms with Crippen molar-refractivity contribution in [3.63, 3.8) is 0 Å². The SMILES string of the molecule is CCCN1C(CN(C)C)CNCC1(C)C. The summed E-state index contributed by atoms with van der Waals surface area (Å²) in [5, 5.41) is 3.55. The van der Waals surface area contributed by atoms with Crippen LogP contribution >= 0.6 is 0 Å². The van der Waals surface area contributed by atoms with Crippen LogP contribution in [-0.2, 0) is 0 Å². The van der Waals surface area contributed by atoms with E-state index < -0.39 is 0 Å². The van der Waals surface area contributed by atoms with E-state index in [2.05, 4.69) is 50.0 Å². The molecule has 0 amide bonds. The van der Waals surface area contributed by atoms with Gasteiger partial charge >= 0.3 is 0 Å². The van der Waals surface area contributed by atoms with Crippen molar-refractivity contribution in [3.8, 4) is 0 Å². The molecule has 3 heteroatoms. The van der Waals surface area contributed by atoms with E-state index in [-0.39, 0.29) is 0 Å². The summed E-state index contributed by atoms with van der Waals surface area (Å²) in [5.74, 6) is 0. The number of nitrogens with zero attached hydrogens (tertiary/aromatic N) is 2. The smallest absolute Gasteiger partial charge is 0.0353 e. The second-order valence-corrected chi connectivity index (χ2v) is 5.55. The molecule has 1 atom stereocenters. The number of rotatable bonds is 4. The Morgan fingerprint density at radius 1 is 1.40 bits per heavy atom. The van der Waals surface area contributed by atoms with Gasteiger partial charge in [-0.2, -0.15) is 0 Å². The molecule has 0 spiro atoms. The van der Waals surface area contributed by atoms with Gasteiger partial charge < -0.3 is 10.2 Å². The molecule has 90 valence electrons. The lowest BCUT2D eigenvalue weighted by atomic mass is 9.95. The maximum atomic E-state index is 3.55. The highest BCUT2D eigenvalue weighted by molar-refractivity contribution is 4.94. The summed E-state index contributed by atoms with van der Waals surface area (Å²) >= 11 is 0. The van der Waals surface area contributed by atoms with E-state index in [1.807, 2.05) is 0 Å². The van der Waals surface area contributed by atoms with Gasteiger partial charge in [-0.25, -0.2) is 0 Å². The highest BCUT2D eigenvalue weighted by Crippen LogP contribution is 2.21. The van der Waals surface area contributed by atoms with Crippen LogP contribution in [-0.4, -0.2) is 61.7 Å². The Bertz CT molecular complexity index is 189. The van der Waals surface area contributed by atoms with Gasteiger partial charge in [0, 0.05) is 31.2 Å². The second-order valence-electron chi connectivity index (χ2n) is 5.55. The molecule has 0 aromatic rings. The number of nitrogens with one attached hydrogen (secondary N) is 1. The number of hydrogen-bond donors (Lipinski definition) is 1. The molecule has 1 unspecified atom stereocenters. The molecule has 1 fully saturated rings. The molecule has 15 heavy (non-hydrogen) atoms. The zero-order chi connectivity index (χ0) is 11.5. The summed E-state index contributed by atoms with van der Waals surface area (Å²) in [6, 6.07) is 0.656. The van der Waals surface area contributed by atoms with E-state index in [0.717, 1.165) is 19.6 Å². The molecule has 3 nitrogen and oxygen atoms in total. The first-order valence-corrected chi connectivity index (χ1v) is 6.09. The van der Waals surface area contributed by atoms with Crippen LogP contribution in [0.4, 0.5) is 0 Å². The first kappa shape index (κ1) is 12.9. The number of hydrogen-bond acceptors (Lipinski definition) is 3. The standard InChI is InChI=1S/C12H27N3/c1-6-7-15-11(9-14(4)5)8-13-10-12(15,2)3/h11,13H,6-10H2,1-5H3. The summed E-state index contributed by atoms with van der Waals surface area (Å²) < 4.78 is 0. The Morgan fingerprint density at radius 3 is 2.60 bits per heavy atom. The van der Waals surface area contributed by atoms with Crippen LogP contribution < -0.4 is 5.32 Å². The van der Waals surface area contributed by atoms with Gasteiger partial charge in [0.1, 0.15) is 0 Å². The molecule has 0 radical (unpaired) electrons. The molecule has 0 bridgehead atoms. The highest BCUT2D eigenvalue weighted by atomic mass is 15.3. The molecule has 0 aliphatic carbocycles. The largest absolute Gasteiger partial charge is 0.313 e. The average molecular weight is 213 g/mol. The van der Waals surface area contributed by atoms with Crippen LogP contribution in [0.3, 0.4) is 0 Å². The summed E-state index contributed by atoms with van der Waals surface area (Å²) in [5.41, 5.74) is 0.301. The van der Waals surface area contributed by atoms with Crippen LogP contribution in [0.2, 0.25) is 0 Å². The Labute approximate surface area is 94.8 Å². The zero-order valence-corrected chi connectivity index (χ0v) is 11.0. The third-order valence-corrected chi connectivity index (χ3v) is 3.20. The molecule has 0 aromatic carbocycles. The molecule has 1 aliphatic heterocycles. The van der Waals surface area contributed by atoms with E-state index in [0.29, 0.717) is 11.6 Å². The Kier molecular flexibility index (Phi) is 4.56. The average Bonchev–Trinajstić information content (AvgIpc) is 2.10. The molecule has 1 saturated heterocycles. The lowest BCUT2D eigenvalue weighted by molar-refractivity contribution is 0.0258. The van der Waals surface area contributed by atoms with E-state index in [4.69, 9.17) is 0 Å². The van der Waals surface area contributed by atoms with Crippen molar-refractivity contribution in [2.75, 3.05) is 40.3 Å². The van der Waals surface area contributed by atoms with Crippen molar-refractivity contribution in [1.82, 2.24) is 15.1 Å². The maximum Gasteiger partial charge on any atom is 0.0353 e. The van der Waals surface area contributed by atoms with E-state index in [1.54, 1.807) is 0 Å². The van der Waals surface area contributed by atoms with Crippen molar-refractivity contribution in [3.05, 3.63) is 0 Å². The summed E-state index contributed by atoms with van der Waals surface area (Å²) in [4.78, 5) is 4.96. The van der Waals surface area contributed by atoms with Gasteiger partial charge in [-0.3, -0.25) is 4.90 Å². The van der Waals surface area contributed by atoms with Crippen molar-refractivity contribution in [1.29, 1.82) is 0 Å². The minimum atomic E-state index is 0.301. The lowest BCUT2D eigenvalue weighted by Gasteiger charge is -2.49. The van der Waals surface area contributed by atoms with Gasteiger partial charge in [0.05, 0.1) is 0 Å². The Balaban J connectivity index is 2.66. The maximum absolute atomic E-state index is 3.55. The van der Waals surface area contributed by atoms with Crippen LogP contribution in [0.15, 0.2) is 0 Å². The van der Waals surface area contributed by atoms with Crippen LogP contribution in [0, 0.1) is 0 Å². The minimum Gasteiger partial charge on any atom is -0.313 e. The Hall–Kier alpha value is -0.120. The fourth-order valence-corrected chi connectivity index (χ4v) is 2.56. The summed E-state index contributed by atoms with van der Waals surface area (Å²) in [6.45, 7) is 11.6. The minimum absolute atomic E-state index is 0.301. The van der Waals surface area contributed by atoms with E-state index in [1.165, 1.54) is 13.0 Å². The molecule has 1 heterocycles. The fourth-order valence-electron chi connectivity index (χ4n) is 2.56. The van der Waals surface area contributed by atoms with E-state index in [9.17, 15) is 0 Å². The van der Waals surface area contributed by atoms with Crippen molar-refractivity contribution < 1.29 is 0 Å². The molecule has 0 aromatic heterocycles. The van der Waals surface area contributed by atoms with E-state index >= 15 is 0 Å². The molecule has 1 aliphatic rings. The zero-order valence-electron chi connectivity index (χ0n) is 11.0. The predicted octanol–water partition coefficient (Wildman–Crippen LogP) is 1.01. The van der Waals surface area contributed by atoms with Crippen LogP contribution in [0.25, 0.3) is 0 Å². The highest BCUT2D eigenvalue weighted by Gasteiger charge is 2.35. The van der Waals surface area contributed by atoms with Crippen molar-refractivity contribution in [2.24, 2.45) is 0 Å². The topological polar surface area (TPSA) is 18.5 Å². The molecular formula is C12H27N3. The van der Waals surface area contributed by atoms with Gasteiger partial charge in [-0.05, 0) is 40.9 Å². The van der Waals surface area contributed by atoms with Crippen molar-refractivity contribution >= 4 is 0 Å². The fraction of sp³-hybridized carbons (Fsp3) is 1.00. The third kappa shape index (κ3) is 3.44.